The van der Waals surface area contributed by atoms with Gasteiger partial charge in [0, 0.05) is 17.5 Å². The van der Waals surface area contributed by atoms with Crippen LogP contribution in [0.2, 0.25) is 0 Å². The summed E-state index contributed by atoms with van der Waals surface area (Å²) in [6, 6.07) is 13.6. The van der Waals surface area contributed by atoms with E-state index in [-0.39, 0.29) is 5.41 Å². The van der Waals surface area contributed by atoms with Crippen molar-refractivity contribution in [1.29, 1.82) is 0 Å². The molecule has 1 aromatic heterocycles. The first-order valence-electron chi connectivity index (χ1n) is 10.7. The van der Waals surface area contributed by atoms with Gasteiger partial charge in [-0.05, 0) is 42.9 Å². The van der Waals surface area contributed by atoms with Crippen LogP contribution in [0.4, 0.5) is 0 Å². The molecule has 1 nitrogen and oxygen atoms in total. The first-order chi connectivity index (χ1) is 12.9. The second-order valence-corrected chi connectivity index (χ2v) is 8.30. The summed E-state index contributed by atoms with van der Waals surface area (Å²) in [5.74, 6) is 0.740. The molecule has 0 fully saturated rings. The minimum atomic E-state index is 0.0583. The zero-order valence-corrected chi connectivity index (χ0v) is 18.3. The van der Waals surface area contributed by atoms with Gasteiger partial charge in [0.1, 0.15) is 7.05 Å². The van der Waals surface area contributed by atoms with Gasteiger partial charge in [0.05, 0.1) is 5.56 Å². The van der Waals surface area contributed by atoms with Crippen LogP contribution in [0.25, 0.3) is 11.3 Å². The predicted molar refractivity (Wildman–Crippen MR) is 118 cm³/mol. The Hall–Kier alpha value is -1.89. The third kappa shape index (κ3) is 5.31. The predicted octanol–water partition coefficient (Wildman–Crippen LogP) is 6.79. The summed E-state index contributed by atoms with van der Waals surface area (Å²) in [6.07, 6.45) is 12.9. The molecule has 2 atom stereocenters. The van der Waals surface area contributed by atoms with Crippen LogP contribution in [0.5, 0.6) is 0 Å². The Labute approximate surface area is 167 Å². The second kappa shape index (κ2) is 9.88. The average molecular weight is 365 g/mol. The summed E-state index contributed by atoms with van der Waals surface area (Å²) >= 11 is 0. The number of nitrogens with zero attached hydrogens (tertiary/aromatic N) is 1. The van der Waals surface area contributed by atoms with Gasteiger partial charge in [0.25, 0.3) is 0 Å². The van der Waals surface area contributed by atoms with E-state index in [9.17, 15) is 0 Å². The fraction of sp³-hybridized carbons (Fsp3) is 0.500. The number of rotatable bonds is 9. The van der Waals surface area contributed by atoms with E-state index in [1.54, 1.807) is 0 Å². The Morgan fingerprint density at radius 1 is 1.15 bits per heavy atom. The Balaban J connectivity index is 2.45. The molecule has 1 aromatic carbocycles. The fourth-order valence-corrected chi connectivity index (χ4v) is 4.04. The van der Waals surface area contributed by atoms with E-state index in [0.717, 1.165) is 18.8 Å². The van der Waals surface area contributed by atoms with E-state index in [4.69, 9.17) is 0 Å². The van der Waals surface area contributed by atoms with Crippen LogP contribution < -0.4 is 4.57 Å². The summed E-state index contributed by atoms with van der Waals surface area (Å²) in [5.41, 5.74) is 5.59. The van der Waals surface area contributed by atoms with E-state index < -0.39 is 0 Å². The summed E-state index contributed by atoms with van der Waals surface area (Å²) in [7, 11) is 2.16. The van der Waals surface area contributed by atoms with Gasteiger partial charge in [-0.25, -0.2) is 4.57 Å². The topological polar surface area (TPSA) is 3.88 Å². The number of aromatic nitrogens is 1. The molecule has 27 heavy (non-hydrogen) atoms. The van der Waals surface area contributed by atoms with Gasteiger partial charge >= 0.3 is 0 Å². The maximum Gasteiger partial charge on any atom is 0.212 e. The summed E-state index contributed by atoms with van der Waals surface area (Å²) < 4.78 is 2.27. The van der Waals surface area contributed by atoms with Crippen molar-refractivity contribution >= 4 is 0 Å². The molecule has 0 amide bonds. The monoisotopic (exact) mass is 364 g/mol. The molecule has 0 bridgehead atoms. The van der Waals surface area contributed by atoms with E-state index in [1.807, 2.05) is 0 Å². The zero-order valence-electron chi connectivity index (χ0n) is 18.3. The average Bonchev–Trinajstić information content (AvgIpc) is 2.68. The first-order valence-corrected chi connectivity index (χ1v) is 10.7. The highest BCUT2D eigenvalue weighted by molar-refractivity contribution is 5.64. The number of unbranched alkanes of at least 4 members (excludes halogenated alkanes) is 1. The summed E-state index contributed by atoms with van der Waals surface area (Å²) in [5, 5.41) is 0. The fourth-order valence-electron chi connectivity index (χ4n) is 4.04. The van der Waals surface area contributed by atoms with Crippen molar-refractivity contribution in [3.05, 3.63) is 65.9 Å². The molecule has 0 aliphatic carbocycles. The molecule has 0 spiro atoms. The SMILES string of the molecule is C/C=C\C(C)(CC)c1ccccc1-c1cc(CC(C)CCCC)cc[n+]1C. The van der Waals surface area contributed by atoms with Crippen molar-refractivity contribution in [2.75, 3.05) is 0 Å². The smallest absolute Gasteiger partial charge is 0.201 e. The number of allylic oxidation sites excluding steroid dienone is 2. The van der Waals surface area contributed by atoms with Crippen molar-refractivity contribution in [1.82, 2.24) is 0 Å². The lowest BCUT2D eigenvalue weighted by molar-refractivity contribution is -0.660. The van der Waals surface area contributed by atoms with E-state index in [2.05, 4.69) is 101 Å². The van der Waals surface area contributed by atoms with Gasteiger partial charge in [0.2, 0.25) is 5.69 Å². The lowest BCUT2D eigenvalue weighted by atomic mass is 9.76. The van der Waals surface area contributed by atoms with Crippen LogP contribution in [-0.2, 0) is 18.9 Å². The number of benzene rings is 1. The first kappa shape index (κ1) is 21.4. The Kier molecular flexibility index (Phi) is 7.83. The lowest BCUT2D eigenvalue weighted by Crippen LogP contribution is -2.32. The number of hydrogen-bond donors (Lipinski definition) is 0. The van der Waals surface area contributed by atoms with Gasteiger partial charge in [-0.2, -0.15) is 0 Å². The number of aryl methyl sites for hydroxylation is 1. The summed E-state index contributed by atoms with van der Waals surface area (Å²) in [4.78, 5) is 0. The Morgan fingerprint density at radius 2 is 1.89 bits per heavy atom. The Bertz CT molecular complexity index is 759. The van der Waals surface area contributed by atoms with Crippen LogP contribution in [0.15, 0.2) is 54.7 Å². The number of hydrogen-bond acceptors (Lipinski definition) is 0. The minimum absolute atomic E-state index is 0.0583. The van der Waals surface area contributed by atoms with Crippen molar-refractivity contribution in [3.8, 4) is 11.3 Å². The molecule has 0 saturated heterocycles. The molecule has 0 radical (unpaired) electrons. The highest BCUT2D eigenvalue weighted by Crippen LogP contribution is 2.36. The van der Waals surface area contributed by atoms with Crippen LogP contribution >= 0.6 is 0 Å². The van der Waals surface area contributed by atoms with Gasteiger partial charge in [0.15, 0.2) is 6.20 Å². The normalized spacial score (nSPS) is 15.0. The zero-order chi connectivity index (χ0) is 19.9. The van der Waals surface area contributed by atoms with Crippen molar-refractivity contribution in [2.45, 2.75) is 72.1 Å². The van der Waals surface area contributed by atoms with E-state index >= 15 is 0 Å². The molecule has 2 aromatic rings. The molecule has 146 valence electrons. The standard InChI is InChI=1S/C26H38N/c1-7-10-13-21(4)19-22-16-18-27(6)25(20-22)23-14-11-12-15-24(23)26(5,9-3)17-8-2/h8,11-12,14-18,20-21H,7,9-10,13,19H2,1-6H3/q+1/b17-8-. The van der Waals surface area contributed by atoms with E-state index in [1.165, 1.54) is 41.6 Å². The third-order valence-electron chi connectivity index (χ3n) is 5.94. The molecule has 2 unspecified atom stereocenters. The molecule has 0 aliphatic heterocycles. The molecular formula is C26H38N+. The van der Waals surface area contributed by atoms with Crippen molar-refractivity contribution in [3.63, 3.8) is 0 Å². The molecule has 1 heterocycles. The van der Waals surface area contributed by atoms with Crippen molar-refractivity contribution in [2.24, 2.45) is 13.0 Å². The third-order valence-corrected chi connectivity index (χ3v) is 5.94. The molecule has 0 saturated carbocycles. The largest absolute Gasteiger partial charge is 0.212 e. The molecule has 2 rings (SSSR count). The second-order valence-electron chi connectivity index (χ2n) is 8.30. The summed E-state index contributed by atoms with van der Waals surface area (Å²) in [6.45, 7) is 11.4. The molecule has 0 N–H and O–H groups in total. The van der Waals surface area contributed by atoms with Gasteiger partial charge in [-0.3, -0.25) is 0 Å². The maximum atomic E-state index is 2.41. The Morgan fingerprint density at radius 3 is 2.56 bits per heavy atom. The minimum Gasteiger partial charge on any atom is -0.201 e. The van der Waals surface area contributed by atoms with Crippen LogP contribution in [0.3, 0.4) is 0 Å². The van der Waals surface area contributed by atoms with Gasteiger partial charge < -0.3 is 0 Å². The van der Waals surface area contributed by atoms with Crippen LogP contribution in [0.1, 0.15) is 71.4 Å². The molecular weight excluding hydrogens is 326 g/mol. The molecule has 1 heteroatoms. The van der Waals surface area contributed by atoms with E-state index in [0.29, 0.717) is 0 Å². The van der Waals surface area contributed by atoms with Gasteiger partial charge in [-0.1, -0.05) is 77.3 Å². The van der Waals surface area contributed by atoms with Crippen LogP contribution in [0, 0.1) is 5.92 Å². The van der Waals surface area contributed by atoms with Gasteiger partial charge in [-0.15, -0.1) is 0 Å². The highest BCUT2D eigenvalue weighted by atomic mass is 14.9. The lowest BCUT2D eigenvalue weighted by Gasteiger charge is -2.27. The van der Waals surface area contributed by atoms with Crippen molar-refractivity contribution < 1.29 is 4.57 Å². The number of pyridine rings is 1. The molecule has 0 aliphatic rings. The highest BCUT2D eigenvalue weighted by Gasteiger charge is 2.27. The quantitative estimate of drug-likeness (QED) is 0.340. The van der Waals surface area contributed by atoms with Crippen LogP contribution in [-0.4, -0.2) is 0 Å². The maximum absolute atomic E-state index is 2.41.